The standard InChI is InChI=1S/C18H20O2S/c1-12-5-8-16(9-6-12)18(19)15(4)21(20)17-10-7-13(2)11-14(17)3/h5-11,15H,1-4H3. The van der Waals surface area contributed by atoms with E-state index < -0.39 is 16.0 Å². The zero-order valence-electron chi connectivity index (χ0n) is 12.8. The largest absolute Gasteiger partial charge is 0.293 e. The van der Waals surface area contributed by atoms with Crippen molar-refractivity contribution < 1.29 is 9.00 Å². The first-order valence-electron chi connectivity index (χ1n) is 6.99. The summed E-state index contributed by atoms with van der Waals surface area (Å²) in [6.45, 7) is 7.65. The average Bonchev–Trinajstić information content (AvgIpc) is 2.46. The van der Waals surface area contributed by atoms with E-state index in [-0.39, 0.29) is 5.78 Å². The molecule has 0 spiro atoms. The number of hydrogen-bond acceptors (Lipinski definition) is 2. The molecule has 2 nitrogen and oxygen atoms in total. The topological polar surface area (TPSA) is 34.1 Å². The predicted octanol–water partition coefficient (Wildman–Crippen LogP) is 3.99. The number of benzene rings is 2. The zero-order chi connectivity index (χ0) is 15.6. The molecule has 0 bridgehead atoms. The fraction of sp³-hybridized carbons (Fsp3) is 0.278. The van der Waals surface area contributed by atoms with Gasteiger partial charge in [-0.2, -0.15) is 0 Å². The molecule has 2 atom stereocenters. The highest BCUT2D eigenvalue weighted by Gasteiger charge is 2.23. The molecule has 2 rings (SSSR count). The third-order valence-corrected chi connectivity index (χ3v) is 5.32. The Bertz CT molecular complexity index is 687. The highest BCUT2D eigenvalue weighted by Crippen LogP contribution is 2.20. The number of rotatable bonds is 4. The van der Waals surface area contributed by atoms with E-state index in [4.69, 9.17) is 0 Å². The van der Waals surface area contributed by atoms with Gasteiger partial charge in [-0.1, -0.05) is 47.5 Å². The summed E-state index contributed by atoms with van der Waals surface area (Å²) in [6, 6.07) is 13.2. The van der Waals surface area contributed by atoms with Gasteiger partial charge in [0.25, 0.3) is 0 Å². The van der Waals surface area contributed by atoms with E-state index in [1.54, 1.807) is 19.1 Å². The Labute approximate surface area is 128 Å². The fourth-order valence-corrected chi connectivity index (χ4v) is 3.56. The van der Waals surface area contributed by atoms with Crippen LogP contribution in [0.1, 0.15) is 34.0 Å². The fourth-order valence-electron chi connectivity index (χ4n) is 2.27. The van der Waals surface area contributed by atoms with Gasteiger partial charge in [-0.25, -0.2) is 0 Å². The Hall–Kier alpha value is -1.74. The van der Waals surface area contributed by atoms with Crippen molar-refractivity contribution in [1.29, 1.82) is 0 Å². The third-order valence-electron chi connectivity index (χ3n) is 3.57. The molecule has 0 heterocycles. The summed E-state index contributed by atoms with van der Waals surface area (Å²) in [4.78, 5) is 13.2. The van der Waals surface area contributed by atoms with Crippen molar-refractivity contribution in [2.24, 2.45) is 0 Å². The van der Waals surface area contributed by atoms with Gasteiger partial charge in [0.1, 0.15) is 0 Å². The van der Waals surface area contributed by atoms with E-state index in [9.17, 15) is 9.00 Å². The Morgan fingerprint density at radius 3 is 2.10 bits per heavy atom. The highest BCUT2D eigenvalue weighted by molar-refractivity contribution is 7.86. The monoisotopic (exact) mass is 300 g/mol. The molecule has 21 heavy (non-hydrogen) atoms. The average molecular weight is 300 g/mol. The van der Waals surface area contributed by atoms with Crippen molar-refractivity contribution >= 4 is 16.6 Å². The normalized spacial score (nSPS) is 13.7. The summed E-state index contributed by atoms with van der Waals surface area (Å²) in [5.41, 5.74) is 3.82. The van der Waals surface area contributed by atoms with Gasteiger partial charge < -0.3 is 0 Å². The lowest BCUT2D eigenvalue weighted by molar-refractivity contribution is 0.0992. The molecule has 0 aliphatic rings. The number of Topliss-reactive ketones (excluding diaryl/α,β-unsaturated/α-hetero) is 1. The molecule has 0 amide bonds. The Morgan fingerprint density at radius 2 is 1.52 bits per heavy atom. The molecular formula is C18H20O2S. The Morgan fingerprint density at radius 1 is 0.952 bits per heavy atom. The number of hydrogen-bond donors (Lipinski definition) is 0. The van der Waals surface area contributed by atoms with Crippen molar-refractivity contribution in [3.63, 3.8) is 0 Å². The van der Waals surface area contributed by atoms with Crippen LogP contribution in [0.15, 0.2) is 47.4 Å². The second-order valence-corrected chi connectivity index (χ2v) is 7.18. The van der Waals surface area contributed by atoms with Crippen LogP contribution >= 0.6 is 0 Å². The highest BCUT2D eigenvalue weighted by atomic mass is 32.2. The molecule has 3 heteroatoms. The lowest BCUT2D eigenvalue weighted by Crippen LogP contribution is -2.23. The van der Waals surface area contributed by atoms with Gasteiger partial charge in [0.05, 0.1) is 16.0 Å². The smallest absolute Gasteiger partial charge is 0.178 e. The van der Waals surface area contributed by atoms with E-state index in [0.717, 1.165) is 21.6 Å². The van der Waals surface area contributed by atoms with Gasteiger partial charge in [-0.15, -0.1) is 0 Å². The third kappa shape index (κ3) is 3.48. The molecule has 0 N–H and O–H groups in total. The van der Waals surface area contributed by atoms with Crippen LogP contribution < -0.4 is 0 Å². The van der Waals surface area contributed by atoms with E-state index in [1.807, 2.05) is 51.1 Å². The Balaban J connectivity index is 2.26. The molecule has 0 aliphatic heterocycles. The maximum atomic E-state index is 12.6. The minimum Gasteiger partial charge on any atom is -0.293 e. The maximum absolute atomic E-state index is 12.6. The van der Waals surface area contributed by atoms with Crippen LogP contribution in [0, 0.1) is 20.8 Å². The number of carbonyl (C=O) groups is 1. The molecule has 0 aromatic heterocycles. The van der Waals surface area contributed by atoms with Gasteiger partial charge in [0, 0.05) is 10.5 Å². The summed E-state index contributed by atoms with van der Waals surface area (Å²) in [6.07, 6.45) is 0. The molecule has 0 saturated carbocycles. The van der Waals surface area contributed by atoms with Gasteiger partial charge in [-0.3, -0.25) is 9.00 Å². The lowest BCUT2D eigenvalue weighted by Gasteiger charge is -2.13. The number of carbonyl (C=O) groups excluding carboxylic acids is 1. The minimum absolute atomic E-state index is 0.0756. The van der Waals surface area contributed by atoms with Gasteiger partial charge in [0.2, 0.25) is 0 Å². The summed E-state index contributed by atoms with van der Waals surface area (Å²) in [7, 11) is -1.33. The van der Waals surface area contributed by atoms with Gasteiger partial charge >= 0.3 is 0 Å². The van der Waals surface area contributed by atoms with E-state index in [1.165, 1.54) is 0 Å². The second kappa shape index (κ2) is 6.35. The molecule has 2 unspecified atom stereocenters. The molecule has 0 fully saturated rings. The van der Waals surface area contributed by atoms with Crippen LogP contribution in [0.5, 0.6) is 0 Å². The van der Waals surface area contributed by atoms with Crippen molar-refractivity contribution in [2.45, 2.75) is 37.8 Å². The molecular weight excluding hydrogens is 280 g/mol. The lowest BCUT2D eigenvalue weighted by atomic mass is 10.1. The maximum Gasteiger partial charge on any atom is 0.178 e. The first-order chi connectivity index (χ1) is 9.90. The van der Waals surface area contributed by atoms with Crippen LogP contribution in [0.4, 0.5) is 0 Å². The summed E-state index contributed by atoms with van der Waals surface area (Å²) < 4.78 is 12.6. The van der Waals surface area contributed by atoms with Gasteiger partial charge in [0.15, 0.2) is 5.78 Å². The first-order valence-corrected chi connectivity index (χ1v) is 8.20. The van der Waals surface area contributed by atoms with Crippen LogP contribution in [-0.4, -0.2) is 15.2 Å². The van der Waals surface area contributed by atoms with E-state index >= 15 is 0 Å². The first kappa shape index (κ1) is 15.6. The zero-order valence-corrected chi connectivity index (χ0v) is 13.7. The number of ketones is 1. The quantitative estimate of drug-likeness (QED) is 0.800. The van der Waals surface area contributed by atoms with E-state index in [2.05, 4.69) is 0 Å². The Kier molecular flexibility index (Phi) is 4.73. The SMILES string of the molecule is Cc1ccc(C(=O)C(C)S(=O)c2ccc(C)cc2C)cc1. The van der Waals surface area contributed by atoms with Crippen molar-refractivity contribution in [1.82, 2.24) is 0 Å². The summed E-state index contributed by atoms with van der Waals surface area (Å²) in [5, 5.41) is -0.547. The minimum atomic E-state index is -1.33. The molecule has 0 aliphatic carbocycles. The molecule has 110 valence electrons. The van der Waals surface area contributed by atoms with Gasteiger partial charge in [-0.05, 0) is 39.3 Å². The van der Waals surface area contributed by atoms with Crippen LogP contribution in [0.2, 0.25) is 0 Å². The van der Waals surface area contributed by atoms with Crippen molar-refractivity contribution in [2.75, 3.05) is 0 Å². The molecule has 0 radical (unpaired) electrons. The second-order valence-electron chi connectivity index (χ2n) is 5.44. The van der Waals surface area contributed by atoms with Crippen molar-refractivity contribution in [3.8, 4) is 0 Å². The predicted molar refractivity (Wildman–Crippen MR) is 87.3 cm³/mol. The summed E-state index contributed by atoms with van der Waals surface area (Å²) in [5.74, 6) is -0.0756. The van der Waals surface area contributed by atoms with Crippen LogP contribution in [0.25, 0.3) is 0 Å². The van der Waals surface area contributed by atoms with E-state index in [0.29, 0.717) is 5.56 Å². The van der Waals surface area contributed by atoms with Crippen molar-refractivity contribution in [3.05, 3.63) is 64.7 Å². The van der Waals surface area contributed by atoms with Crippen LogP contribution in [0.3, 0.4) is 0 Å². The molecule has 2 aromatic carbocycles. The molecule has 0 saturated heterocycles. The number of aryl methyl sites for hydroxylation is 3. The molecule has 2 aromatic rings. The van der Waals surface area contributed by atoms with Crippen LogP contribution in [-0.2, 0) is 10.8 Å². The summed E-state index contributed by atoms with van der Waals surface area (Å²) >= 11 is 0.